The monoisotopic (exact) mass is 400 g/mol. The van der Waals surface area contributed by atoms with Gasteiger partial charge in [0, 0.05) is 7.11 Å². The van der Waals surface area contributed by atoms with Gasteiger partial charge in [-0.05, 0) is 29.5 Å². The van der Waals surface area contributed by atoms with E-state index < -0.39 is 10.0 Å². The van der Waals surface area contributed by atoms with Gasteiger partial charge in [-0.15, -0.1) is 5.10 Å². The number of hydrazone groups is 1. The van der Waals surface area contributed by atoms with Gasteiger partial charge in [0.15, 0.2) is 5.17 Å². The largest absolute Gasteiger partial charge is 0.491 e. The lowest BCUT2D eigenvalue weighted by molar-refractivity contribution is 0.0544. The average Bonchev–Trinajstić information content (AvgIpc) is 3.17. The van der Waals surface area contributed by atoms with E-state index in [0.717, 1.165) is 23.1 Å². The maximum absolute atomic E-state index is 11.3. The van der Waals surface area contributed by atoms with Crippen LogP contribution in [0.15, 0.2) is 34.4 Å². The number of nitrogens with zero attached hydrogens (tertiary/aromatic N) is 3. The average molecular weight is 400 g/mol. The highest BCUT2D eigenvalue weighted by Gasteiger charge is 2.36. The molecule has 0 aliphatic carbocycles. The fraction of sp³-hybridized carbons (Fsp3) is 0.467. The number of nitrogens with two attached hydrogens (primary N) is 1. The Morgan fingerprint density at radius 3 is 2.62 bits per heavy atom. The standard InChI is InChI=1S/C15H20N4O5S2/c1-22-6-7-23-8-9-24-12-4-2-11(3-5-12)13-10-19-14(17-13)25-15(18-19)26(16,20)21/h2-5,13H,6-10H2,1H3,(H2,16,20,21). The topological polar surface area (TPSA) is 116 Å². The van der Waals surface area contributed by atoms with Gasteiger partial charge in [0.05, 0.1) is 32.4 Å². The maximum atomic E-state index is 11.3. The second-order valence-corrected chi connectivity index (χ2v) is 8.24. The number of hydrogen-bond donors (Lipinski definition) is 1. The number of thioether (sulfide) groups is 1. The Morgan fingerprint density at radius 2 is 1.96 bits per heavy atom. The van der Waals surface area contributed by atoms with Crippen LogP contribution in [-0.2, 0) is 19.5 Å². The lowest BCUT2D eigenvalue weighted by Crippen LogP contribution is -2.20. The van der Waals surface area contributed by atoms with Gasteiger partial charge in [0.25, 0.3) is 10.0 Å². The fourth-order valence-electron chi connectivity index (χ4n) is 2.39. The van der Waals surface area contributed by atoms with Crippen molar-refractivity contribution in [2.75, 3.05) is 40.1 Å². The second kappa shape index (κ2) is 8.35. The van der Waals surface area contributed by atoms with Crippen LogP contribution in [0.2, 0.25) is 0 Å². The molecule has 1 aromatic carbocycles. The quantitative estimate of drug-likeness (QED) is 0.640. The molecular weight excluding hydrogens is 380 g/mol. The highest BCUT2D eigenvalue weighted by Crippen LogP contribution is 2.34. The number of fused-ring (bicyclic) bond motifs is 1. The van der Waals surface area contributed by atoms with Gasteiger partial charge < -0.3 is 14.2 Å². The van der Waals surface area contributed by atoms with Gasteiger partial charge in [0.2, 0.25) is 4.38 Å². The van der Waals surface area contributed by atoms with Crippen LogP contribution in [0.3, 0.4) is 0 Å². The summed E-state index contributed by atoms with van der Waals surface area (Å²) in [4.78, 5) is 4.52. The molecule has 0 radical (unpaired) electrons. The summed E-state index contributed by atoms with van der Waals surface area (Å²) in [6.45, 7) is 2.55. The Balaban J connectivity index is 1.49. The van der Waals surface area contributed by atoms with E-state index in [0.29, 0.717) is 38.1 Å². The predicted molar refractivity (Wildman–Crippen MR) is 99.6 cm³/mol. The van der Waals surface area contributed by atoms with Crippen LogP contribution in [-0.4, -0.2) is 63.1 Å². The summed E-state index contributed by atoms with van der Waals surface area (Å²) in [5.74, 6) is 0.749. The molecule has 142 valence electrons. The first kappa shape index (κ1) is 19.1. The fourth-order valence-corrected chi connectivity index (χ4v) is 3.98. The second-order valence-electron chi connectivity index (χ2n) is 5.55. The first-order valence-corrected chi connectivity index (χ1v) is 10.3. The lowest BCUT2D eigenvalue weighted by atomic mass is 10.1. The van der Waals surface area contributed by atoms with E-state index in [1.165, 1.54) is 0 Å². The molecule has 0 amide bonds. The molecule has 0 bridgehead atoms. The van der Waals surface area contributed by atoms with E-state index in [4.69, 9.17) is 19.3 Å². The molecule has 0 spiro atoms. The number of sulfonamides is 1. The molecule has 2 heterocycles. The third-order valence-electron chi connectivity index (χ3n) is 3.65. The number of amidine groups is 1. The summed E-state index contributed by atoms with van der Waals surface area (Å²) in [6.07, 6.45) is 0. The number of methoxy groups -OCH3 is 1. The van der Waals surface area contributed by atoms with Crippen LogP contribution in [0.4, 0.5) is 0 Å². The third-order valence-corrected chi connectivity index (χ3v) is 5.92. The van der Waals surface area contributed by atoms with Crippen molar-refractivity contribution >= 4 is 31.3 Å². The Bertz CT molecular complexity index is 795. The van der Waals surface area contributed by atoms with Crippen molar-refractivity contribution < 1.29 is 22.6 Å². The van der Waals surface area contributed by atoms with Crippen molar-refractivity contribution in [1.82, 2.24) is 5.01 Å². The molecule has 0 saturated carbocycles. The molecule has 9 nitrogen and oxygen atoms in total. The Kier molecular flexibility index (Phi) is 6.14. The van der Waals surface area contributed by atoms with E-state index in [9.17, 15) is 8.42 Å². The Morgan fingerprint density at radius 1 is 1.23 bits per heavy atom. The van der Waals surface area contributed by atoms with Gasteiger partial charge in [0.1, 0.15) is 12.4 Å². The SMILES string of the molecule is COCCOCCOc1ccc(C2CN3N=C(S(N)(=O)=O)SC3=N2)cc1. The summed E-state index contributed by atoms with van der Waals surface area (Å²) >= 11 is 0.974. The molecule has 2 aliphatic heterocycles. The highest BCUT2D eigenvalue weighted by molar-refractivity contribution is 8.42. The van der Waals surface area contributed by atoms with E-state index in [1.807, 2.05) is 24.3 Å². The van der Waals surface area contributed by atoms with Crippen LogP contribution in [0.1, 0.15) is 11.6 Å². The first-order valence-electron chi connectivity index (χ1n) is 7.91. The van der Waals surface area contributed by atoms with Crippen LogP contribution < -0.4 is 9.88 Å². The summed E-state index contributed by atoms with van der Waals surface area (Å²) in [5, 5.41) is 11.2. The van der Waals surface area contributed by atoms with Crippen molar-refractivity contribution in [3.8, 4) is 5.75 Å². The van der Waals surface area contributed by atoms with Crippen LogP contribution in [0.5, 0.6) is 5.75 Å². The molecule has 0 aromatic heterocycles. The molecule has 1 unspecified atom stereocenters. The summed E-state index contributed by atoms with van der Waals surface area (Å²) < 4.78 is 38.4. The molecule has 0 fully saturated rings. The van der Waals surface area contributed by atoms with Crippen molar-refractivity contribution in [3.63, 3.8) is 0 Å². The molecular formula is C15H20N4O5S2. The molecule has 1 atom stereocenters. The summed E-state index contributed by atoms with van der Waals surface area (Å²) in [5.41, 5.74) is 1.00. The first-order chi connectivity index (χ1) is 12.5. The van der Waals surface area contributed by atoms with Crippen LogP contribution >= 0.6 is 11.8 Å². The molecule has 1 aromatic rings. The minimum absolute atomic E-state index is 0.102. The van der Waals surface area contributed by atoms with E-state index >= 15 is 0 Å². The van der Waals surface area contributed by atoms with Gasteiger partial charge in [-0.2, -0.15) is 0 Å². The van der Waals surface area contributed by atoms with Gasteiger partial charge in [-0.3, -0.25) is 4.99 Å². The third kappa shape index (κ3) is 4.74. The predicted octanol–water partition coefficient (Wildman–Crippen LogP) is 0.747. The summed E-state index contributed by atoms with van der Waals surface area (Å²) in [7, 11) is -2.16. The number of rotatable bonds is 8. The van der Waals surface area contributed by atoms with Crippen molar-refractivity contribution in [1.29, 1.82) is 0 Å². The molecule has 2 aliphatic rings. The Hall–Kier alpha value is -1.66. The minimum atomic E-state index is -3.79. The van der Waals surface area contributed by atoms with Gasteiger partial charge in [-0.1, -0.05) is 12.1 Å². The zero-order chi connectivity index (χ0) is 18.6. The van der Waals surface area contributed by atoms with Crippen LogP contribution in [0, 0.1) is 0 Å². The maximum Gasteiger partial charge on any atom is 0.264 e. The van der Waals surface area contributed by atoms with Crippen LogP contribution in [0.25, 0.3) is 0 Å². The Labute approximate surface area is 156 Å². The van der Waals surface area contributed by atoms with Crippen molar-refractivity contribution in [2.24, 2.45) is 15.2 Å². The van der Waals surface area contributed by atoms with Gasteiger partial charge >= 0.3 is 0 Å². The van der Waals surface area contributed by atoms with Crippen molar-refractivity contribution in [3.05, 3.63) is 29.8 Å². The molecule has 2 N–H and O–H groups in total. The molecule has 0 saturated heterocycles. The van der Waals surface area contributed by atoms with E-state index in [-0.39, 0.29) is 10.4 Å². The molecule has 11 heteroatoms. The lowest BCUT2D eigenvalue weighted by Gasteiger charge is -2.11. The zero-order valence-electron chi connectivity index (χ0n) is 14.2. The summed E-state index contributed by atoms with van der Waals surface area (Å²) in [6, 6.07) is 7.52. The normalized spacial score (nSPS) is 19.3. The molecule has 3 rings (SSSR count). The van der Waals surface area contributed by atoms with Gasteiger partial charge in [-0.25, -0.2) is 18.6 Å². The number of ether oxygens (including phenoxy) is 3. The van der Waals surface area contributed by atoms with E-state index in [2.05, 4.69) is 10.1 Å². The highest BCUT2D eigenvalue weighted by atomic mass is 32.3. The number of hydrogen-bond acceptors (Lipinski definition) is 9. The zero-order valence-corrected chi connectivity index (χ0v) is 15.8. The smallest absolute Gasteiger partial charge is 0.264 e. The number of aliphatic imine (C=N–C) groups is 1. The number of primary sulfonamides is 1. The molecule has 26 heavy (non-hydrogen) atoms. The van der Waals surface area contributed by atoms with Crippen molar-refractivity contribution in [2.45, 2.75) is 6.04 Å². The minimum Gasteiger partial charge on any atom is -0.491 e. The van der Waals surface area contributed by atoms with E-state index in [1.54, 1.807) is 12.1 Å². The number of benzene rings is 1.